The van der Waals surface area contributed by atoms with E-state index in [2.05, 4.69) is 37.9 Å². The minimum absolute atomic E-state index is 0.612. The molecule has 0 heterocycles. The van der Waals surface area contributed by atoms with Crippen molar-refractivity contribution in [3.63, 3.8) is 0 Å². The third-order valence-electron chi connectivity index (χ3n) is 4.26. The fourth-order valence-corrected chi connectivity index (χ4v) is 2.76. The summed E-state index contributed by atoms with van der Waals surface area (Å²) in [5.74, 6) is 0. The first-order chi connectivity index (χ1) is 10.2. The van der Waals surface area contributed by atoms with E-state index in [-0.39, 0.29) is 0 Å². The maximum atomic E-state index is 3.51. The number of nitrogens with zero attached hydrogens (tertiary/aromatic N) is 1. The average molecular weight is 299 g/mol. The highest BCUT2D eigenvalue weighted by Gasteiger charge is 2.02. The quantitative estimate of drug-likeness (QED) is 0.393. The van der Waals surface area contributed by atoms with Crippen LogP contribution in [-0.4, -0.2) is 37.1 Å². The van der Waals surface area contributed by atoms with Crippen molar-refractivity contribution >= 4 is 0 Å². The zero-order valence-electron chi connectivity index (χ0n) is 15.4. The van der Waals surface area contributed by atoms with Crippen molar-refractivity contribution in [1.29, 1.82) is 0 Å². The molecular formula is C19H42N2. The van der Waals surface area contributed by atoms with Crippen molar-refractivity contribution in [3.8, 4) is 0 Å². The summed E-state index contributed by atoms with van der Waals surface area (Å²) < 4.78 is 0. The van der Waals surface area contributed by atoms with Gasteiger partial charge in [-0.25, -0.2) is 0 Å². The molecule has 0 rings (SSSR count). The van der Waals surface area contributed by atoms with E-state index in [9.17, 15) is 0 Å². The molecule has 0 aromatic carbocycles. The molecule has 0 bridgehead atoms. The highest BCUT2D eigenvalue weighted by Crippen LogP contribution is 2.10. The Kier molecular flexibility index (Phi) is 16.2. The predicted molar refractivity (Wildman–Crippen MR) is 97.1 cm³/mol. The van der Waals surface area contributed by atoms with E-state index in [4.69, 9.17) is 0 Å². The van der Waals surface area contributed by atoms with Crippen LogP contribution in [0.2, 0.25) is 0 Å². The third-order valence-corrected chi connectivity index (χ3v) is 4.26. The lowest BCUT2D eigenvalue weighted by atomic mass is 10.1. The Morgan fingerprint density at radius 3 is 1.71 bits per heavy atom. The molecule has 1 N–H and O–H groups in total. The smallest absolute Gasteiger partial charge is 0.0107 e. The molecule has 0 aliphatic rings. The van der Waals surface area contributed by atoms with E-state index >= 15 is 0 Å². The molecule has 0 fully saturated rings. The van der Waals surface area contributed by atoms with Gasteiger partial charge in [-0.3, -0.25) is 0 Å². The van der Waals surface area contributed by atoms with Gasteiger partial charge in [0.1, 0.15) is 0 Å². The normalized spacial score (nSPS) is 11.7. The molecule has 0 spiro atoms. The first kappa shape index (κ1) is 20.9. The molecule has 0 aliphatic carbocycles. The van der Waals surface area contributed by atoms with Crippen LogP contribution in [0.5, 0.6) is 0 Å². The maximum absolute atomic E-state index is 3.51. The van der Waals surface area contributed by atoms with Gasteiger partial charge in [0, 0.05) is 19.1 Å². The van der Waals surface area contributed by atoms with Gasteiger partial charge in [-0.1, -0.05) is 85.5 Å². The second-order valence-electron chi connectivity index (χ2n) is 6.73. The number of hydrogen-bond donors (Lipinski definition) is 1. The van der Waals surface area contributed by atoms with Crippen molar-refractivity contribution in [2.45, 2.75) is 97.9 Å². The van der Waals surface area contributed by atoms with E-state index in [0.717, 1.165) is 6.54 Å². The Labute approximate surface area is 135 Å². The van der Waals surface area contributed by atoms with Crippen LogP contribution >= 0.6 is 0 Å². The SMILES string of the molecule is CCCCCCCCCCCCN(CC)CCNC(C)C. The van der Waals surface area contributed by atoms with Gasteiger partial charge in [-0.15, -0.1) is 0 Å². The lowest BCUT2D eigenvalue weighted by molar-refractivity contribution is 0.277. The third kappa shape index (κ3) is 16.1. The van der Waals surface area contributed by atoms with Crippen molar-refractivity contribution < 1.29 is 0 Å². The molecule has 2 nitrogen and oxygen atoms in total. The van der Waals surface area contributed by atoms with Crippen molar-refractivity contribution in [2.24, 2.45) is 0 Å². The summed E-state index contributed by atoms with van der Waals surface area (Å²) in [7, 11) is 0. The van der Waals surface area contributed by atoms with Gasteiger partial charge in [0.15, 0.2) is 0 Å². The summed E-state index contributed by atoms with van der Waals surface area (Å²) in [5, 5.41) is 3.51. The van der Waals surface area contributed by atoms with Crippen LogP contribution in [0.25, 0.3) is 0 Å². The van der Waals surface area contributed by atoms with Crippen LogP contribution in [0.1, 0.15) is 91.9 Å². The van der Waals surface area contributed by atoms with E-state index in [0.29, 0.717) is 6.04 Å². The minimum atomic E-state index is 0.612. The van der Waals surface area contributed by atoms with E-state index in [1.54, 1.807) is 0 Å². The van der Waals surface area contributed by atoms with Crippen molar-refractivity contribution in [1.82, 2.24) is 10.2 Å². The molecule has 0 atom stereocenters. The van der Waals surface area contributed by atoms with Crippen LogP contribution in [0.3, 0.4) is 0 Å². The Hall–Kier alpha value is -0.0800. The molecule has 0 aromatic rings. The topological polar surface area (TPSA) is 15.3 Å². The van der Waals surface area contributed by atoms with Crippen LogP contribution < -0.4 is 5.32 Å². The minimum Gasteiger partial charge on any atom is -0.313 e. The van der Waals surface area contributed by atoms with Crippen LogP contribution in [0.4, 0.5) is 0 Å². The second kappa shape index (κ2) is 16.3. The molecule has 0 unspecified atom stereocenters. The zero-order valence-corrected chi connectivity index (χ0v) is 15.4. The lowest BCUT2D eigenvalue weighted by Crippen LogP contribution is -2.35. The predicted octanol–water partition coefficient (Wildman–Crippen LogP) is 5.23. The van der Waals surface area contributed by atoms with Gasteiger partial charge >= 0.3 is 0 Å². The van der Waals surface area contributed by atoms with E-state index in [1.807, 2.05) is 0 Å². The molecule has 0 aromatic heterocycles. The first-order valence-electron chi connectivity index (χ1n) is 9.66. The lowest BCUT2D eigenvalue weighted by Gasteiger charge is -2.21. The summed E-state index contributed by atoms with van der Waals surface area (Å²) in [6.45, 7) is 13.8. The fourth-order valence-electron chi connectivity index (χ4n) is 2.76. The summed E-state index contributed by atoms with van der Waals surface area (Å²) in [6, 6.07) is 0.612. The molecule has 0 radical (unpaired) electrons. The van der Waals surface area contributed by atoms with E-state index < -0.39 is 0 Å². The van der Waals surface area contributed by atoms with Gasteiger partial charge in [0.05, 0.1) is 0 Å². The van der Waals surface area contributed by atoms with Crippen LogP contribution in [0.15, 0.2) is 0 Å². The number of rotatable bonds is 16. The summed E-state index contributed by atoms with van der Waals surface area (Å²) >= 11 is 0. The molecule has 0 saturated carbocycles. The number of nitrogens with one attached hydrogen (secondary N) is 1. The highest BCUT2D eigenvalue weighted by molar-refractivity contribution is 4.60. The molecular weight excluding hydrogens is 256 g/mol. The number of hydrogen-bond acceptors (Lipinski definition) is 2. The van der Waals surface area contributed by atoms with Gasteiger partial charge in [-0.05, 0) is 19.5 Å². The van der Waals surface area contributed by atoms with E-state index in [1.165, 1.54) is 83.8 Å². The summed E-state index contributed by atoms with van der Waals surface area (Å²) in [6.07, 6.45) is 14.3. The summed E-state index contributed by atoms with van der Waals surface area (Å²) in [5.41, 5.74) is 0. The Balaban J connectivity index is 3.27. The van der Waals surface area contributed by atoms with Gasteiger partial charge in [-0.2, -0.15) is 0 Å². The maximum Gasteiger partial charge on any atom is 0.0107 e. The van der Waals surface area contributed by atoms with Crippen LogP contribution in [-0.2, 0) is 0 Å². The average Bonchev–Trinajstić information content (AvgIpc) is 2.47. The first-order valence-corrected chi connectivity index (χ1v) is 9.66. The van der Waals surface area contributed by atoms with Gasteiger partial charge in [0.2, 0.25) is 0 Å². The Morgan fingerprint density at radius 1 is 0.714 bits per heavy atom. The second-order valence-corrected chi connectivity index (χ2v) is 6.73. The monoisotopic (exact) mass is 298 g/mol. The molecule has 0 saturated heterocycles. The van der Waals surface area contributed by atoms with Crippen molar-refractivity contribution in [2.75, 3.05) is 26.2 Å². The molecule has 0 aliphatic heterocycles. The molecule has 128 valence electrons. The van der Waals surface area contributed by atoms with Crippen LogP contribution in [0, 0.1) is 0 Å². The van der Waals surface area contributed by atoms with Crippen molar-refractivity contribution in [3.05, 3.63) is 0 Å². The zero-order chi connectivity index (χ0) is 15.8. The molecule has 21 heavy (non-hydrogen) atoms. The molecule has 0 amide bonds. The fraction of sp³-hybridized carbons (Fsp3) is 1.00. The number of unbranched alkanes of at least 4 members (excludes halogenated alkanes) is 9. The largest absolute Gasteiger partial charge is 0.313 e. The highest BCUT2D eigenvalue weighted by atomic mass is 15.1. The molecule has 2 heteroatoms. The van der Waals surface area contributed by atoms with Gasteiger partial charge < -0.3 is 10.2 Å². The number of likely N-dealkylation sites (N-methyl/N-ethyl adjacent to an activating group) is 1. The van der Waals surface area contributed by atoms with Gasteiger partial charge in [0.25, 0.3) is 0 Å². The standard InChI is InChI=1S/C19H42N2/c1-5-7-8-9-10-11-12-13-14-15-17-21(6-2)18-16-20-19(3)4/h19-20H,5-18H2,1-4H3. The Bertz CT molecular complexity index is 192. The Morgan fingerprint density at radius 2 is 1.24 bits per heavy atom. The summed E-state index contributed by atoms with van der Waals surface area (Å²) in [4.78, 5) is 2.58.